The molecule has 1 aliphatic rings. The van der Waals surface area contributed by atoms with Gasteiger partial charge < -0.3 is 25.8 Å². The number of nitrogen functional groups attached to an aromatic ring is 1. The normalized spacial score (nSPS) is 26.9. The van der Waals surface area contributed by atoms with E-state index in [-0.39, 0.29) is 12.4 Å². The molecule has 2 rings (SSSR count). The molecule has 11 heteroatoms. The van der Waals surface area contributed by atoms with E-state index in [4.69, 9.17) is 21.1 Å². The predicted octanol–water partition coefficient (Wildman–Crippen LogP) is -1.32. The van der Waals surface area contributed by atoms with Crippen molar-refractivity contribution in [1.29, 1.82) is 0 Å². The van der Waals surface area contributed by atoms with Crippen LogP contribution in [0.4, 0.5) is 5.82 Å². The number of aliphatic hydroxyl groups excluding tert-OH is 3. The molecule has 0 bridgehead atoms. The topological polar surface area (TPSA) is 180 Å². The van der Waals surface area contributed by atoms with Gasteiger partial charge in [0.2, 0.25) is 0 Å². The zero-order valence-electron chi connectivity index (χ0n) is 12.2. The van der Waals surface area contributed by atoms with Crippen molar-refractivity contribution < 1.29 is 20.1 Å². The second kappa shape index (κ2) is 7.40. The molecule has 1 fully saturated rings. The Balaban J connectivity index is 2.25. The third-order valence-electron chi connectivity index (χ3n) is 3.62. The summed E-state index contributed by atoms with van der Waals surface area (Å²) in [5.74, 6) is 0.0407. The molecule has 0 spiro atoms. The van der Waals surface area contributed by atoms with Crippen molar-refractivity contribution in [3.05, 3.63) is 32.7 Å². The molecule has 1 aliphatic heterocycles. The summed E-state index contributed by atoms with van der Waals surface area (Å²) < 4.78 is 6.34. The average Bonchev–Trinajstić information content (AvgIpc) is 2.81. The highest BCUT2D eigenvalue weighted by Crippen LogP contribution is 2.28. The number of aryl methyl sites for hydroxylation is 1. The summed E-state index contributed by atoms with van der Waals surface area (Å²) >= 11 is 0. The highest BCUT2D eigenvalue weighted by atomic mass is 16.6. The van der Waals surface area contributed by atoms with Crippen molar-refractivity contribution in [2.45, 2.75) is 37.4 Å². The van der Waals surface area contributed by atoms with Crippen LogP contribution < -0.4 is 11.4 Å². The van der Waals surface area contributed by atoms with Gasteiger partial charge in [-0.1, -0.05) is 5.11 Å². The molecule has 1 unspecified atom stereocenters. The number of rotatable bonds is 6. The van der Waals surface area contributed by atoms with E-state index >= 15 is 0 Å². The van der Waals surface area contributed by atoms with Crippen LogP contribution in [-0.4, -0.2) is 56.3 Å². The first-order valence-corrected chi connectivity index (χ1v) is 7.00. The van der Waals surface area contributed by atoms with Crippen LogP contribution in [0.25, 0.3) is 10.4 Å². The lowest BCUT2D eigenvalue weighted by Crippen LogP contribution is -2.36. The van der Waals surface area contributed by atoms with Crippen LogP contribution >= 0.6 is 0 Å². The maximum Gasteiger partial charge on any atom is 0.351 e. The molecular formula is C12H18N6O5. The number of aromatic nitrogens is 2. The summed E-state index contributed by atoms with van der Waals surface area (Å²) in [7, 11) is 0. The number of aliphatic hydroxyl groups is 3. The molecule has 1 aromatic heterocycles. The highest BCUT2D eigenvalue weighted by Gasteiger charge is 2.43. The van der Waals surface area contributed by atoms with Crippen LogP contribution in [0.1, 0.15) is 18.2 Å². The van der Waals surface area contributed by atoms with Gasteiger partial charge in [-0.25, -0.2) is 4.79 Å². The van der Waals surface area contributed by atoms with Gasteiger partial charge in [0.15, 0.2) is 6.23 Å². The minimum Gasteiger partial charge on any atom is -0.394 e. The molecule has 1 aromatic rings. The van der Waals surface area contributed by atoms with E-state index in [2.05, 4.69) is 15.0 Å². The Labute approximate surface area is 130 Å². The summed E-state index contributed by atoms with van der Waals surface area (Å²) in [6.45, 7) is -0.228. The molecule has 5 N–H and O–H groups in total. The SMILES string of the molecule is [N-]=[N+]=NCCCc1cn([C@@H]2O[C@H](CO)C(O)[C@@H]2O)c(=O)nc1N. The van der Waals surface area contributed by atoms with Crippen molar-refractivity contribution in [3.63, 3.8) is 0 Å². The van der Waals surface area contributed by atoms with Crippen LogP contribution in [0.3, 0.4) is 0 Å². The molecule has 0 aliphatic carbocycles. The van der Waals surface area contributed by atoms with Gasteiger partial charge in [-0.15, -0.1) is 0 Å². The number of anilines is 1. The molecular weight excluding hydrogens is 308 g/mol. The Morgan fingerprint density at radius 3 is 2.83 bits per heavy atom. The molecule has 126 valence electrons. The second-order valence-corrected chi connectivity index (χ2v) is 5.13. The summed E-state index contributed by atoms with van der Waals surface area (Å²) in [4.78, 5) is 18.3. The lowest BCUT2D eigenvalue weighted by atomic mass is 10.1. The first-order valence-electron chi connectivity index (χ1n) is 7.00. The molecule has 0 saturated carbocycles. The second-order valence-electron chi connectivity index (χ2n) is 5.13. The first kappa shape index (κ1) is 17.2. The molecule has 0 aromatic carbocycles. The Bertz CT molecular complexity index is 658. The Hall–Kier alpha value is -2.17. The first-order chi connectivity index (χ1) is 11.0. The molecule has 0 radical (unpaired) electrons. The monoisotopic (exact) mass is 326 g/mol. The Morgan fingerprint density at radius 1 is 1.48 bits per heavy atom. The number of ether oxygens (including phenoxy) is 1. The fraction of sp³-hybridized carbons (Fsp3) is 0.667. The van der Waals surface area contributed by atoms with Gasteiger partial charge in [-0.05, 0) is 18.4 Å². The fourth-order valence-electron chi connectivity index (χ4n) is 2.39. The minimum atomic E-state index is -1.38. The lowest BCUT2D eigenvalue weighted by molar-refractivity contribution is -0.0550. The number of azide groups is 1. The van der Waals surface area contributed by atoms with E-state index in [1.807, 2.05) is 0 Å². The van der Waals surface area contributed by atoms with Gasteiger partial charge in [0.05, 0.1) is 6.61 Å². The number of hydrogen-bond donors (Lipinski definition) is 4. The van der Waals surface area contributed by atoms with Crippen molar-refractivity contribution in [2.75, 3.05) is 18.9 Å². The Kier molecular flexibility index (Phi) is 5.53. The number of nitrogens with zero attached hydrogens (tertiary/aromatic N) is 5. The summed E-state index contributed by atoms with van der Waals surface area (Å²) in [5, 5.41) is 32.2. The zero-order chi connectivity index (χ0) is 17.0. The van der Waals surface area contributed by atoms with E-state index in [0.717, 1.165) is 4.57 Å². The van der Waals surface area contributed by atoms with Crippen molar-refractivity contribution in [1.82, 2.24) is 9.55 Å². The summed E-state index contributed by atoms with van der Waals surface area (Å²) in [6.07, 6.45) is -2.56. The average molecular weight is 326 g/mol. The van der Waals surface area contributed by atoms with Gasteiger partial charge in [-0.2, -0.15) is 4.98 Å². The maximum absolute atomic E-state index is 12.0. The van der Waals surface area contributed by atoms with E-state index in [1.165, 1.54) is 6.20 Å². The highest BCUT2D eigenvalue weighted by molar-refractivity contribution is 5.36. The van der Waals surface area contributed by atoms with Crippen LogP contribution in [-0.2, 0) is 11.2 Å². The van der Waals surface area contributed by atoms with E-state index in [9.17, 15) is 15.0 Å². The standard InChI is InChI=1S/C12H18N6O5/c13-10-6(2-1-3-15-17-14)4-18(12(22)16-10)11-9(21)8(20)7(5-19)23-11/h4,7-9,11,19-21H,1-3,5H2,(H2,13,16,22)/t7-,8?,9+,11-/m1/s1. The fourth-order valence-corrected chi connectivity index (χ4v) is 2.39. The molecule has 4 atom stereocenters. The maximum atomic E-state index is 12.0. The van der Waals surface area contributed by atoms with Gasteiger partial charge in [0.25, 0.3) is 0 Å². The third kappa shape index (κ3) is 3.60. The van der Waals surface area contributed by atoms with Gasteiger partial charge >= 0.3 is 5.69 Å². The van der Waals surface area contributed by atoms with Gasteiger partial charge in [-0.3, -0.25) is 4.57 Å². The van der Waals surface area contributed by atoms with Crippen LogP contribution in [0.2, 0.25) is 0 Å². The largest absolute Gasteiger partial charge is 0.394 e. The number of nitrogens with two attached hydrogens (primary N) is 1. The quantitative estimate of drug-likeness (QED) is 0.216. The van der Waals surface area contributed by atoms with E-state index < -0.39 is 36.8 Å². The van der Waals surface area contributed by atoms with Gasteiger partial charge in [0, 0.05) is 23.2 Å². The predicted molar refractivity (Wildman–Crippen MR) is 78.3 cm³/mol. The minimum absolute atomic E-state index is 0.0407. The van der Waals surface area contributed by atoms with Crippen LogP contribution in [0.5, 0.6) is 0 Å². The van der Waals surface area contributed by atoms with Gasteiger partial charge in [0.1, 0.15) is 24.1 Å². The Morgan fingerprint density at radius 2 is 2.22 bits per heavy atom. The van der Waals surface area contributed by atoms with Crippen molar-refractivity contribution in [3.8, 4) is 0 Å². The summed E-state index contributed by atoms with van der Waals surface area (Å²) in [6, 6.07) is 0. The number of hydrogen-bond acceptors (Lipinski definition) is 8. The zero-order valence-corrected chi connectivity index (χ0v) is 12.2. The van der Waals surface area contributed by atoms with Crippen LogP contribution in [0, 0.1) is 0 Å². The molecule has 2 heterocycles. The van der Waals surface area contributed by atoms with Crippen molar-refractivity contribution >= 4 is 5.82 Å². The molecule has 11 nitrogen and oxygen atoms in total. The molecule has 23 heavy (non-hydrogen) atoms. The molecule has 0 amide bonds. The summed E-state index contributed by atoms with van der Waals surface area (Å²) in [5.41, 5.74) is 13.7. The van der Waals surface area contributed by atoms with Crippen LogP contribution in [0.15, 0.2) is 16.1 Å². The molecule has 1 saturated heterocycles. The smallest absolute Gasteiger partial charge is 0.351 e. The lowest BCUT2D eigenvalue weighted by Gasteiger charge is -2.18. The third-order valence-corrected chi connectivity index (χ3v) is 3.62. The van der Waals surface area contributed by atoms with E-state index in [0.29, 0.717) is 18.4 Å². The van der Waals surface area contributed by atoms with E-state index in [1.54, 1.807) is 0 Å². The van der Waals surface area contributed by atoms with Crippen molar-refractivity contribution in [2.24, 2.45) is 5.11 Å².